The Morgan fingerprint density at radius 3 is 1.50 bits per heavy atom. The van der Waals surface area contributed by atoms with Crippen LogP contribution in [0.4, 0.5) is 0 Å². The van der Waals surface area contributed by atoms with Gasteiger partial charge in [0.05, 0.1) is 0 Å². The summed E-state index contributed by atoms with van der Waals surface area (Å²) in [5, 5.41) is 0. The van der Waals surface area contributed by atoms with Gasteiger partial charge in [-0.3, -0.25) is 9.11 Å². The number of hydrogen-bond acceptors (Lipinski definition) is 6. The second-order valence-corrected chi connectivity index (χ2v) is 7.21. The Morgan fingerprint density at radius 2 is 1.14 bits per heavy atom. The van der Waals surface area contributed by atoms with Gasteiger partial charge < -0.3 is 0 Å². The van der Waals surface area contributed by atoms with Crippen molar-refractivity contribution in [3.8, 4) is 0 Å². The summed E-state index contributed by atoms with van der Waals surface area (Å²) in [7, 11) is -9.49. The van der Waals surface area contributed by atoms with Crippen LogP contribution >= 0.6 is 0 Å². The summed E-state index contributed by atoms with van der Waals surface area (Å²) in [5.74, 6) is 0. The second-order valence-electron chi connectivity index (χ2n) is 5.12. The van der Waals surface area contributed by atoms with Crippen molar-refractivity contribution >= 4 is 20.8 Å². The van der Waals surface area contributed by atoms with Crippen LogP contribution in [0.5, 0.6) is 0 Å². The van der Waals surface area contributed by atoms with Crippen LogP contribution < -0.4 is 0 Å². The molecule has 0 aromatic heterocycles. The van der Waals surface area contributed by atoms with Crippen molar-refractivity contribution in [1.29, 1.82) is 0 Å². The maximum Gasteiger partial charge on any atom is 0.397 e. The average molecular weight is 362 g/mol. The molecule has 0 radical (unpaired) electrons. The summed E-state index contributed by atoms with van der Waals surface area (Å²) >= 11 is 0. The lowest BCUT2D eigenvalue weighted by Gasteiger charge is -2.24. The molecule has 22 heavy (non-hydrogen) atoms. The van der Waals surface area contributed by atoms with E-state index in [1.807, 2.05) is 13.8 Å². The summed E-state index contributed by atoms with van der Waals surface area (Å²) in [6.45, 7) is 3.88. The van der Waals surface area contributed by atoms with Crippen molar-refractivity contribution in [1.82, 2.24) is 0 Å². The zero-order valence-corrected chi connectivity index (χ0v) is 14.6. The Labute approximate surface area is 133 Å². The fraction of sp³-hybridized carbons (Fsp3) is 1.00. The Morgan fingerprint density at radius 1 is 0.727 bits per heavy atom. The van der Waals surface area contributed by atoms with Crippen LogP contribution in [0.1, 0.15) is 65.2 Å². The minimum Gasteiger partial charge on any atom is -0.264 e. The Balaban J connectivity index is 4.97. The minimum atomic E-state index is -4.75. The lowest BCUT2D eigenvalue weighted by atomic mass is 10.0. The number of unbranched alkanes of at least 4 members (excludes halogenated alkanes) is 4. The molecule has 0 saturated heterocycles. The molecule has 0 heterocycles. The van der Waals surface area contributed by atoms with E-state index in [1.54, 1.807) is 0 Å². The van der Waals surface area contributed by atoms with Crippen molar-refractivity contribution in [3.63, 3.8) is 0 Å². The van der Waals surface area contributed by atoms with Gasteiger partial charge in [0.1, 0.15) is 12.2 Å². The smallest absolute Gasteiger partial charge is 0.264 e. The second kappa shape index (κ2) is 10.5. The van der Waals surface area contributed by atoms with Crippen LogP contribution in [-0.2, 0) is 29.2 Å². The molecule has 0 fully saturated rings. The molecule has 2 atom stereocenters. The van der Waals surface area contributed by atoms with E-state index in [-0.39, 0.29) is 12.8 Å². The molecule has 8 nitrogen and oxygen atoms in total. The van der Waals surface area contributed by atoms with E-state index in [2.05, 4.69) is 8.37 Å². The lowest BCUT2D eigenvalue weighted by molar-refractivity contribution is 0.0334. The monoisotopic (exact) mass is 362 g/mol. The van der Waals surface area contributed by atoms with Crippen LogP contribution in [0.15, 0.2) is 0 Å². The van der Waals surface area contributed by atoms with Gasteiger partial charge in [0, 0.05) is 0 Å². The van der Waals surface area contributed by atoms with Crippen molar-refractivity contribution < 1.29 is 34.3 Å². The largest absolute Gasteiger partial charge is 0.397 e. The number of hydrogen-bond donors (Lipinski definition) is 2. The van der Waals surface area contributed by atoms with Crippen LogP contribution in [0, 0.1) is 0 Å². The molecule has 134 valence electrons. The molecular formula is C12H26O8S2. The molecule has 0 aliphatic rings. The van der Waals surface area contributed by atoms with Crippen molar-refractivity contribution in [2.75, 3.05) is 0 Å². The van der Waals surface area contributed by atoms with Crippen molar-refractivity contribution in [3.05, 3.63) is 0 Å². The summed E-state index contributed by atoms with van der Waals surface area (Å²) in [6, 6.07) is 0. The Kier molecular flexibility index (Phi) is 10.4. The van der Waals surface area contributed by atoms with Gasteiger partial charge in [-0.05, 0) is 12.8 Å². The molecule has 2 unspecified atom stereocenters. The van der Waals surface area contributed by atoms with E-state index in [9.17, 15) is 16.8 Å². The molecule has 2 N–H and O–H groups in total. The van der Waals surface area contributed by atoms with E-state index < -0.39 is 33.0 Å². The summed E-state index contributed by atoms with van der Waals surface area (Å²) in [5.41, 5.74) is 0. The van der Waals surface area contributed by atoms with Gasteiger partial charge in [-0.2, -0.15) is 16.8 Å². The van der Waals surface area contributed by atoms with Gasteiger partial charge in [-0.1, -0.05) is 52.4 Å². The molecule has 0 aliphatic heterocycles. The molecule has 0 spiro atoms. The standard InChI is InChI=1S/C12H26O8S2/c1-3-5-7-8-10-12(20-22(16,17)18)11(9-6-4-2)19-21(13,14)15/h11-12H,3-10H2,1-2H3,(H,13,14,15)(H,16,17,18). The van der Waals surface area contributed by atoms with E-state index in [1.165, 1.54) is 0 Å². The lowest BCUT2D eigenvalue weighted by Crippen LogP contribution is -2.35. The van der Waals surface area contributed by atoms with Gasteiger partial charge in [-0.15, -0.1) is 0 Å². The Hall–Kier alpha value is -0.260. The molecule has 0 aliphatic carbocycles. The fourth-order valence-electron chi connectivity index (χ4n) is 2.08. The SMILES string of the molecule is CCCCCCC(OS(=O)(=O)O)C(CCCC)OS(=O)(=O)O. The predicted molar refractivity (Wildman–Crippen MR) is 81.1 cm³/mol. The van der Waals surface area contributed by atoms with Crippen molar-refractivity contribution in [2.24, 2.45) is 0 Å². The van der Waals surface area contributed by atoms with E-state index in [4.69, 9.17) is 9.11 Å². The van der Waals surface area contributed by atoms with Gasteiger partial charge in [0.25, 0.3) is 0 Å². The van der Waals surface area contributed by atoms with E-state index >= 15 is 0 Å². The fourth-order valence-corrected chi connectivity index (χ4v) is 3.15. The first-order chi connectivity index (χ1) is 10.1. The molecular weight excluding hydrogens is 336 g/mol. The molecule has 0 saturated carbocycles. The summed E-state index contributed by atoms with van der Waals surface area (Å²) in [4.78, 5) is 0. The summed E-state index contributed by atoms with van der Waals surface area (Å²) < 4.78 is 70.5. The van der Waals surface area contributed by atoms with Gasteiger partial charge in [0.2, 0.25) is 0 Å². The zero-order chi connectivity index (χ0) is 17.2. The van der Waals surface area contributed by atoms with Gasteiger partial charge >= 0.3 is 20.8 Å². The first-order valence-corrected chi connectivity index (χ1v) is 10.1. The molecule has 0 rings (SSSR count). The quantitative estimate of drug-likeness (QED) is 0.378. The van der Waals surface area contributed by atoms with Gasteiger partial charge in [0.15, 0.2) is 0 Å². The van der Waals surface area contributed by atoms with Crippen molar-refractivity contribution in [2.45, 2.75) is 77.4 Å². The third kappa shape index (κ3) is 12.3. The molecule has 0 bridgehead atoms. The van der Waals surface area contributed by atoms with Crippen LogP contribution in [0.3, 0.4) is 0 Å². The number of rotatable bonds is 13. The first-order valence-electron chi connectivity index (χ1n) is 7.40. The molecule has 0 aromatic rings. The maximum atomic E-state index is 10.9. The van der Waals surface area contributed by atoms with Crippen LogP contribution in [0.2, 0.25) is 0 Å². The minimum absolute atomic E-state index is 0.185. The third-order valence-corrected chi connectivity index (χ3v) is 4.07. The van der Waals surface area contributed by atoms with Crippen LogP contribution in [-0.4, -0.2) is 38.1 Å². The average Bonchev–Trinajstić information content (AvgIpc) is 2.35. The third-order valence-electron chi connectivity index (χ3n) is 3.09. The highest BCUT2D eigenvalue weighted by Crippen LogP contribution is 2.21. The molecule has 0 aromatic carbocycles. The zero-order valence-electron chi connectivity index (χ0n) is 13.0. The molecule has 0 amide bonds. The normalized spacial score (nSPS) is 15.6. The van der Waals surface area contributed by atoms with Crippen LogP contribution in [0.25, 0.3) is 0 Å². The highest BCUT2D eigenvalue weighted by molar-refractivity contribution is 7.81. The first kappa shape index (κ1) is 21.7. The maximum absolute atomic E-state index is 10.9. The van der Waals surface area contributed by atoms with Gasteiger partial charge in [-0.25, -0.2) is 8.37 Å². The topological polar surface area (TPSA) is 127 Å². The highest BCUT2D eigenvalue weighted by atomic mass is 32.3. The highest BCUT2D eigenvalue weighted by Gasteiger charge is 2.30. The van der Waals surface area contributed by atoms with E-state index in [0.717, 1.165) is 25.7 Å². The summed E-state index contributed by atoms with van der Waals surface area (Å²) in [6.07, 6.45) is 2.65. The molecule has 10 heteroatoms. The van der Waals surface area contributed by atoms with E-state index in [0.29, 0.717) is 12.8 Å². The predicted octanol–water partition coefficient (Wildman–Crippen LogP) is 2.52. The Bertz CT molecular complexity index is 485.